The Hall–Kier alpha value is -1.10. The van der Waals surface area contributed by atoms with Gasteiger partial charge in [0.2, 0.25) is 5.91 Å². The number of nitrogens with one attached hydrogen (secondary N) is 2. The molecule has 0 aromatic rings. The standard InChI is InChI=1S/C13H27N3O2/c1-9(2)14-12(18)15-11(17)8-16(7)10(3)13(4,5)6/h9-10H,8H2,1-7H3,(H2,14,15,17,18)/t10-/m1/s1. The normalized spacial score (nSPS) is 13.6. The first-order valence-corrected chi connectivity index (χ1v) is 6.34. The first-order valence-electron chi connectivity index (χ1n) is 6.34. The molecule has 5 nitrogen and oxygen atoms in total. The molecule has 0 aliphatic rings. The van der Waals surface area contributed by atoms with Gasteiger partial charge in [-0.05, 0) is 33.2 Å². The summed E-state index contributed by atoms with van der Waals surface area (Å²) in [6, 6.07) is -0.174. The van der Waals surface area contributed by atoms with Crippen molar-refractivity contribution < 1.29 is 9.59 Å². The van der Waals surface area contributed by atoms with E-state index >= 15 is 0 Å². The topological polar surface area (TPSA) is 61.4 Å². The number of rotatable bonds is 4. The van der Waals surface area contributed by atoms with Gasteiger partial charge < -0.3 is 5.32 Å². The highest BCUT2D eigenvalue weighted by Crippen LogP contribution is 2.22. The molecule has 0 saturated carbocycles. The van der Waals surface area contributed by atoms with Crippen LogP contribution in [0.2, 0.25) is 0 Å². The van der Waals surface area contributed by atoms with E-state index < -0.39 is 6.03 Å². The zero-order chi connectivity index (χ0) is 14.5. The van der Waals surface area contributed by atoms with Crippen molar-refractivity contribution in [3.05, 3.63) is 0 Å². The fraction of sp³-hybridized carbons (Fsp3) is 0.846. The van der Waals surface area contributed by atoms with Crippen LogP contribution in [0.5, 0.6) is 0 Å². The lowest BCUT2D eigenvalue weighted by Crippen LogP contribution is -2.48. The van der Waals surface area contributed by atoms with Gasteiger partial charge in [-0.3, -0.25) is 15.0 Å². The van der Waals surface area contributed by atoms with E-state index in [1.807, 2.05) is 25.8 Å². The van der Waals surface area contributed by atoms with E-state index in [0.717, 1.165) is 0 Å². The second-order valence-electron chi connectivity index (χ2n) is 6.13. The predicted octanol–water partition coefficient (Wildman–Crippen LogP) is 1.59. The molecule has 0 aromatic carbocycles. The third-order valence-electron chi connectivity index (χ3n) is 2.98. The zero-order valence-electron chi connectivity index (χ0n) is 12.6. The van der Waals surface area contributed by atoms with E-state index in [1.165, 1.54) is 0 Å². The van der Waals surface area contributed by atoms with E-state index in [1.54, 1.807) is 0 Å². The smallest absolute Gasteiger partial charge is 0.321 e. The molecule has 0 heterocycles. The summed E-state index contributed by atoms with van der Waals surface area (Å²) in [5.74, 6) is -0.285. The summed E-state index contributed by atoms with van der Waals surface area (Å²) in [5.41, 5.74) is 0.0925. The highest BCUT2D eigenvalue weighted by Gasteiger charge is 2.25. The fourth-order valence-corrected chi connectivity index (χ4v) is 1.49. The van der Waals surface area contributed by atoms with Crippen LogP contribution in [0.3, 0.4) is 0 Å². The first kappa shape index (κ1) is 16.9. The third kappa shape index (κ3) is 6.59. The summed E-state index contributed by atoms with van der Waals surface area (Å²) in [6.45, 7) is 12.3. The molecule has 2 N–H and O–H groups in total. The van der Waals surface area contributed by atoms with Crippen LogP contribution in [-0.4, -0.2) is 42.5 Å². The highest BCUT2D eigenvalue weighted by atomic mass is 16.2. The van der Waals surface area contributed by atoms with Gasteiger partial charge in [-0.15, -0.1) is 0 Å². The number of carbonyl (C=O) groups is 2. The van der Waals surface area contributed by atoms with E-state index in [2.05, 4.69) is 38.3 Å². The average molecular weight is 257 g/mol. The van der Waals surface area contributed by atoms with E-state index in [-0.39, 0.29) is 30.0 Å². The molecule has 0 bridgehead atoms. The van der Waals surface area contributed by atoms with E-state index in [0.29, 0.717) is 0 Å². The van der Waals surface area contributed by atoms with Crippen LogP contribution in [0.25, 0.3) is 0 Å². The fourth-order valence-electron chi connectivity index (χ4n) is 1.49. The van der Waals surface area contributed by atoms with Crippen LogP contribution in [0.15, 0.2) is 0 Å². The predicted molar refractivity (Wildman–Crippen MR) is 73.4 cm³/mol. The number of hydrogen-bond donors (Lipinski definition) is 2. The molecule has 0 fully saturated rings. The summed E-state index contributed by atoms with van der Waals surface area (Å²) in [5, 5.41) is 4.93. The van der Waals surface area contributed by atoms with Crippen molar-refractivity contribution in [2.75, 3.05) is 13.6 Å². The summed E-state index contributed by atoms with van der Waals surface area (Å²) in [4.78, 5) is 25.0. The Labute approximate surface area is 110 Å². The molecule has 0 aliphatic heterocycles. The first-order chi connectivity index (χ1) is 8.04. The maximum Gasteiger partial charge on any atom is 0.321 e. The van der Waals surface area contributed by atoms with Gasteiger partial charge >= 0.3 is 6.03 Å². The van der Waals surface area contributed by atoms with Gasteiger partial charge in [-0.2, -0.15) is 0 Å². The van der Waals surface area contributed by atoms with Crippen molar-refractivity contribution in [3.8, 4) is 0 Å². The SMILES string of the molecule is CC(C)NC(=O)NC(=O)CN(C)[C@H](C)C(C)(C)C. The minimum absolute atomic E-state index is 0.0176. The monoisotopic (exact) mass is 257 g/mol. The third-order valence-corrected chi connectivity index (χ3v) is 2.98. The number of hydrogen-bond acceptors (Lipinski definition) is 3. The van der Waals surface area contributed by atoms with Crippen molar-refractivity contribution in [1.29, 1.82) is 0 Å². The van der Waals surface area contributed by atoms with Crippen LogP contribution in [0.4, 0.5) is 4.79 Å². The molecule has 106 valence electrons. The van der Waals surface area contributed by atoms with Gasteiger partial charge in [-0.25, -0.2) is 4.79 Å². The van der Waals surface area contributed by atoms with Crippen LogP contribution in [0.1, 0.15) is 41.5 Å². The van der Waals surface area contributed by atoms with Gasteiger partial charge in [0, 0.05) is 12.1 Å². The Balaban J connectivity index is 4.21. The molecule has 0 aliphatic carbocycles. The van der Waals surface area contributed by atoms with Crippen molar-refractivity contribution in [1.82, 2.24) is 15.5 Å². The number of nitrogens with zero attached hydrogens (tertiary/aromatic N) is 1. The van der Waals surface area contributed by atoms with Crippen LogP contribution >= 0.6 is 0 Å². The second kappa shape index (κ2) is 6.73. The Morgan fingerprint density at radius 2 is 1.67 bits per heavy atom. The lowest BCUT2D eigenvalue weighted by atomic mass is 9.87. The summed E-state index contributed by atoms with van der Waals surface area (Å²) in [6.07, 6.45) is 0. The average Bonchev–Trinajstić information content (AvgIpc) is 2.12. The molecule has 18 heavy (non-hydrogen) atoms. The molecule has 0 saturated heterocycles. The highest BCUT2D eigenvalue weighted by molar-refractivity contribution is 5.95. The molecule has 3 amide bonds. The quantitative estimate of drug-likeness (QED) is 0.804. The maximum atomic E-state index is 11.7. The van der Waals surface area contributed by atoms with Crippen molar-refractivity contribution >= 4 is 11.9 Å². The number of amides is 3. The molecule has 1 atom stereocenters. The molecule has 0 aromatic heterocycles. The second-order valence-corrected chi connectivity index (χ2v) is 6.13. The van der Waals surface area contributed by atoms with Crippen LogP contribution in [-0.2, 0) is 4.79 Å². The van der Waals surface area contributed by atoms with Gasteiger partial charge in [0.25, 0.3) is 0 Å². The number of likely N-dealkylation sites (N-methyl/N-ethyl adjacent to an activating group) is 1. The van der Waals surface area contributed by atoms with Gasteiger partial charge in [0.1, 0.15) is 0 Å². The Kier molecular flexibility index (Phi) is 6.32. The summed E-state index contributed by atoms with van der Waals surface area (Å²) in [7, 11) is 1.88. The molecular formula is C13H27N3O2. The lowest BCUT2D eigenvalue weighted by Gasteiger charge is -2.34. The van der Waals surface area contributed by atoms with Crippen molar-refractivity contribution in [3.63, 3.8) is 0 Å². The van der Waals surface area contributed by atoms with Gasteiger partial charge in [0.05, 0.1) is 6.54 Å². The molecule has 5 heteroatoms. The van der Waals surface area contributed by atoms with Gasteiger partial charge in [-0.1, -0.05) is 20.8 Å². The molecule has 0 rings (SSSR count). The molecular weight excluding hydrogens is 230 g/mol. The maximum absolute atomic E-state index is 11.7. The van der Waals surface area contributed by atoms with Crippen molar-refractivity contribution in [2.24, 2.45) is 5.41 Å². The summed E-state index contributed by atoms with van der Waals surface area (Å²) >= 11 is 0. The number of urea groups is 1. The largest absolute Gasteiger partial charge is 0.336 e. The lowest BCUT2D eigenvalue weighted by molar-refractivity contribution is -0.121. The number of imide groups is 1. The van der Waals surface area contributed by atoms with Crippen molar-refractivity contribution in [2.45, 2.75) is 53.6 Å². The minimum atomic E-state index is -0.438. The zero-order valence-corrected chi connectivity index (χ0v) is 12.6. The van der Waals surface area contributed by atoms with Crippen LogP contribution < -0.4 is 10.6 Å². The number of carbonyl (C=O) groups excluding carboxylic acids is 2. The van der Waals surface area contributed by atoms with E-state index in [4.69, 9.17) is 0 Å². The van der Waals surface area contributed by atoms with Gasteiger partial charge in [0.15, 0.2) is 0 Å². The molecule has 0 unspecified atom stereocenters. The minimum Gasteiger partial charge on any atom is -0.336 e. The van der Waals surface area contributed by atoms with Crippen LogP contribution in [0, 0.1) is 5.41 Å². The van der Waals surface area contributed by atoms with E-state index in [9.17, 15) is 9.59 Å². The molecule has 0 radical (unpaired) electrons. The Bertz CT molecular complexity index is 295. The Morgan fingerprint density at radius 3 is 2.06 bits per heavy atom. The molecule has 0 spiro atoms. The Morgan fingerprint density at radius 1 is 1.17 bits per heavy atom. The summed E-state index contributed by atoms with van der Waals surface area (Å²) < 4.78 is 0.